The maximum atomic E-state index is 13.1. The number of nitrogens with zero attached hydrogens (tertiary/aromatic N) is 2. The molecular formula is C16H21N3O5S. The molecule has 2 rings (SSSR count). The van der Waals surface area contributed by atoms with Gasteiger partial charge in [0.25, 0.3) is 0 Å². The monoisotopic (exact) mass is 367 g/mol. The van der Waals surface area contributed by atoms with E-state index in [1.54, 1.807) is 24.3 Å². The molecule has 1 aromatic rings. The molecule has 0 aromatic heterocycles. The highest BCUT2D eigenvalue weighted by atomic mass is 32.2. The lowest BCUT2D eigenvalue weighted by molar-refractivity contribution is -0.131. The van der Waals surface area contributed by atoms with E-state index < -0.39 is 33.9 Å². The van der Waals surface area contributed by atoms with Crippen LogP contribution in [0.25, 0.3) is 0 Å². The number of benzene rings is 1. The molecule has 1 aliphatic rings. The maximum absolute atomic E-state index is 13.1. The van der Waals surface area contributed by atoms with E-state index in [4.69, 9.17) is 4.74 Å². The van der Waals surface area contributed by atoms with Gasteiger partial charge < -0.3 is 10.1 Å². The third kappa shape index (κ3) is 3.65. The van der Waals surface area contributed by atoms with E-state index in [9.17, 15) is 18.0 Å². The summed E-state index contributed by atoms with van der Waals surface area (Å²) in [6.07, 6.45) is 0.830. The average Bonchev–Trinajstić information content (AvgIpc) is 3.32. The van der Waals surface area contributed by atoms with Gasteiger partial charge in [-0.05, 0) is 30.5 Å². The van der Waals surface area contributed by atoms with Crippen LogP contribution in [0, 0.1) is 0 Å². The molecule has 136 valence electrons. The Labute approximate surface area is 147 Å². The molecule has 8 nitrogen and oxygen atoms in total. The molecule has 3 amide bonds. The summed E-state index contributed by atoms with van der Waals surface area (Å²) in [4.78, 5) is 26.4. The predicted octanol–water partition coefficient (Wildman–Crippen LogP) is 1.35. The predicted molar refractivity (Wildman–Crippen MR) is 90.9 cm³/mol. The number of hydrogen-bond acceptors (Lipinski definition) is 6. The van der Waals surface area contributed by atoms with Gasteiger partial charge in [0.15, 0.2) is 0 Å². The lowest BCUT2D eigenvalue weighted by atomic mass is 9.93. The summed E-state index contributed by atoms with van der Waals surface area (Å²) in [5, 5.41) is 2.45. The molecule has 0 saturated heterocycles. The van der Waals surface area contributed by atoms with Crippen LogP contribution in [0.4, 0.5) is 4.79 Å². The molecule has 2 atom stereocenters. The van der Waals surface area contributed by atoms with Gasteiger partial charge in [0.2, 0.25) is 5.91 Å². The molecule has 2 unspecified atom stereocenters. The van der Waals surface area contributed by atoms with Gasteiger partial charge in [-0.3, -0.25) is 9.69 Å². The normalized spacial score (nSPS) is 21.2. The van der Waals surface area contributed by atoms with Crippen molar-refractivity contribution in [1.82, 2.24) is 10.2 Å². The van der Waals surface area contributed by atoms with E-state index in [-0.39, 0.29) is 13.0 Å². The number of hydrogen-bond donors (Lipinski definition) is 1. The summed E-state index contributed by atoms with van der Waals surface area (Å²) >= 11 is 0. The van der Waals surface area contributed by atoms with Crippen molar-refractivity contribution in [3.05, 3.63) is 29.8 Å². The molecule has 1 fully saturated rings. The van der Waals surface area contributed by atoms with Gasteiger partial charge in [0, 0.05) is 13.6 Å². The maximum Gasteiger partial charge on any atom is 0.323 e. The molecule has 0 radical (unpaired) electrons. The number of nitrogens with one attached hydrogen (secondary N) is 1. The standard InChI is InChI=1S/C16H21N3O5S/c1-4-9-19(15(21)17-2)14(20)16(10-13(16)18-25(22)23)11-5-7-12(24-3)8-6-11/h5-8,13H,4,9-10H2,1-3H3,(H,17,21). The van der Waals surface area contributed by atoms with Crippen LogP contribution in [0.5, 0.6) is 5.75 Å². The summed E-state index contributed by atoms with van der Waals surface area (Å²) in [6, 6.07) is 5.56. The molecule has 1 aromatic carbocycles. The fourth-order valence-electron chi connectivity index (χ4n) is 2.92. The Morgan fingerprint density at radius 2 is 2.00 bits per heavy atom. The fraction of sp³-hybridized carbons (Fsp3) is 0.500. The van der Waals surface area contributed by atoms with Crippen molar-refractivity contribution in [3.8, 4) is 5.75 Å². The molecule has 0 heterocycles. The number of imide groups is 1. The summed E-state index contributed by atoms with van der Waals surface area (Å²) in [5.41, 5.74) is -0.531. The van der Waals surface area contributed by atoms with Crippen molar-refractivity contribution in [2.45, 2.75) is 31.2 Å². The van der Waals surface area contributed by atoms with Crippen LogP contribution in [0.3, 0.4) is 0 Å². The molecule has 0 bridgehead atoms. The first-order valence-electron chi connectivity index (χ1n) is 7.89. The molecule has 0 spiro atoms. The van der Waals surface area contributed by atoms with Crippen molar-refractivity contribution < 1.29 is 22.7 Å². The van der Waals surface area contributed by atoms with Crippen molar-refractivity contribution in [1.29, 1.82) is 0 Å². The average molecular weight is 367 g/mol. The third-order valence-electron chi connectivity index (χ3n) is 4.28. The van der Waals surface area contributed by atoms with E-state index in [1.807, 2.05) is 6.92 Å². The van der Waals surface area contributed by atoms with Gasteiger partial charge in [0.1, 0.15) is 11.2 Å². The highest BCUT2D eigenvalue weighted by Crippen LogP contribution is 2.52. The Balaban J connectivity index is 2.47. The number of carbonyl (C=O) groups is 2. The molecule has 9 heteroatoms. The lowest BCUT2D eigenvalue weighted by Crippen LogP contribution is -2.48. The Bertz CT molecular complexity index is 782. The second kappa shape index (κ2) is 7.64. The number of amides is 3. The van der Waals surface area contributed by atoms with Gasteiger partial charge in [-0.15, -0.1) is 0 Å². The Hall–Kier alpha value is -2.42. The van der Waals surface area contributed by atoms with Crippen LogP contribution in [0.2, 0.25) is 0 Å². The van der Waals surface area contributed by atoms with Crippen LogP contribution >= 0.6 is 0 Å². The smallest absolute Gasteiger partial charge is 0.323 e. The first-order chi connectivity index (χ1) is 11.9. The van der Waals surface area contributed by atoms with Crippen molar-refractivity contribution in [2.75, 3.05) is 20.7 Å². The summed E-state index contributed by atoms with van der Waals surface area (Å²) < 4.78 is 30.7. The van der Waals surface area contributed by atoms with Gasteiger partial charge >= 0.3 is 16.5 Å². The fourth-order valence-corrected chi connectivity index (χ4v) is 3.39. The minimum Gasteiger partial charge on any atom is -0.497 e. The van der Waals surface area contributed by atoms with Crippen molar-refractivity contribution in [2.24, 2.45) is 4.36 Å². The number of methoxy groups -OCH3 is 1. The van der Waals surface area contributed by atoms with Crippen LogP contribution in [0.1, 0.15) is 25.3 Å². The molecule has 1 N–H and O–H groups in total. The number of ether oxygens (including phenoxy) is 1. The third-order valence-corrected chi connectivity index (χ3v) is 4.70. The van der Waals surface area contributed by atoms with Gasteiger partial charge in [-0.2, -0.15) is 12.8 Å². The first-order valence-corrected chi connectivity index (χ1v) is 8.92. The number of urea groups is 1. The number of carbonyl (C=O) groups excluding carboxylic acids is 2. The molecule has 1 aliphatic carbocycles. The van der Waals surface area contributed by atoms with Crippen LogP contribution in [-0.4, -0.2) is 52.0 Å². The minimum atomic E-state index is -2.63. The first kappa shape index (κ1) is 18.9. The van der Waals surface area contributed by atoms with Gasteiger partial charge in [0.05, 0.1) is 13.2 Å². The van der Waals surface area contributed by atoms with Crippen LogP contribution in [0.15, 0.2) is 28.6 Å². The zero-order valence-electron chi connectivity index (χ0n) is 14.4. The SMILES string of the molecule is CCCN(C(=O)NC)C(=O)C1(c2ccc(OC)cc2)CC1N=S(=O)=O. The highest BCUT2D eigenvalue weighted by Gasteiger charge is 2.64. The summed E-state index contributed by atoms with van der Waals surface area (Å²) in [6.45, 7) is 2.09. The zero-order chi connectivity index (χ0) is 18.6. The second-order valence-corrected chi connectivity index (χ2v) is 6.40. The molecular weight excluding hydrogens is 346 g/mol. The van der Waals surface area contributed by atoms with Crippen LogP contribution in [-0.2, 0) is 20.7 Å². The van der Waals surface area contributed by atoms with E-state index in [0.717, 1.165) is 4.90 Å². The van der Waals surface area contributed by atoms with Crippen LogP contribution < -0.4 is 10.1 Å². The van der Waals surface area contributed by atoms with Gasteiger partial charge in [-0.25, -0.2) is 4.79 Å². The highest BCUT2D eigenvalue weighted by molar-refractivity contribution is 7.61. The van der Waals surface area contributed by atoms with Crippen molar-refractivity contribution in [3.63, 3.8) is 0 Å². The van der Waals surface area contributed by atoms with E-state index in [0.29, 0.717) is 17.7 Å². The van der Waals surface area contributed by atoms with E-state index in [2.05, 4.69) is 9.68 Å². The largest absolute Gasteiger partial charge is 0.497 e. The van der Waals surface area contributed by atoms with Crippen molar-refractivity contribution >= 4 is 22.4 Å². The Morgan fingerprint density at radius 1 is 1.36 bits per heavy atom. The Kier molecular flexibility index (Phi) is 5.78. The number of rotatable bonds is 6. The minimum absolute atomic E-state index is 0.239. The zero-order valence-corrected chi connectivity index (χ0v) is 15.2. The summed E-state index contributed by atoms with van der Waals surface area (Å²) in [7, 11) is 0.346. The molecule has 25 heavy (non-hydrogen) atoms. The molecule has 0 aliphatic heterocycles. The topological polar surface area (TPSA) is 105 Å². The lowest BCUT2D eigenvalue weighted by Gasteiger charge is -2.25. The van der Waals surface area contributed by atoms with E-state index in [1.165, 1.54) is 14.2 Å². The van der Waals surface area contributed by atoms with Gasteiger partial charge in [-0.1, -0.05) is 19.1 Å². The Morgan fingerprint density at radius 3 is 2.48 bits per heavy atom. The quantitative estimate of drug-likeness (QED) is 0.817. The van der Waals surface area contributed by atoms with E-state index >= 15 is 0 Å². The molecule has 1 saturated carbocycles. The second-order valence-electron chi connectivity index (χ2n) is 5.75. The summed E-state index contributed by atoms with van der Waals surface area (Å²) in [5.74, 6) is 0.169.